The van der Waals surface area contributed by atoms with Crippen LogP contribution in [0.15, 0.2) is 27.6 Å². The Balaban J connectivity index is 2.78. The van der Waals surface area contributed by atoms with Gasteiger partial charge in [-0.1, -0.05) is 0 Å². The fourth-order valence-electron chi connectivity index (χ4n) is 0.931. The largest absolute Gasteiger partial charge is 0.390 e. The summed E-state index contributed by atoms with van der Waals surface area (Å²) in [4.78, 5) is 11.2. The summed E-state index contributed by atoms with van der Waals surface area (Å²) >= 11 is 2.95. The van der Waals surface area contributed by atoms with Gasteiger partial charge in [-0.15, -0.1) is 0 Å². The molecule has 0 unspecified atom stereocenters. The molecule has 1 aromatic rings. The number of rotatable bonds is 2. The van der Waals surface area contributed by atoms with E-state index in [1.54, 1.807) is 0 Å². The van der Waals surface area contributed by atoms with Gasteiger partial charge < -0.3 is 4.57 Å². The molecule has 0 N–H and O–H groups in total. The molecule has 0 amide bonds. The van der Waals surface area contributed by atoms with Crippen molar-refractivity contribution < 1.29 is 13.2 Å². The van der Waals surface area contributed by atoms with Gasteiger partial charge in [0.2, 0.25) is 0 Å². The Morgan fingerprint density at radius 1 is 1.43 bits per heavy atom. The van der Waals surface area contributed by atoms with Crippen molar-refractivity contribution in [2.24, 2.45) is 0 Å². The lowest BCUT2D eigenvalue weighted by atomic mass is 10.4. The fraction of sp³-hybridized carbons (Fsp3) is 0.375. The summed E-state index contributed by atoms with van der Waals surface area (Å²) in [6, 6.07) is 3.01. The van der Waals surface area contributed by atoms with Crippen LogP contribution in [-0.4, -0.2) is 10.7 Å². The van der Waals surface area contributed by atoms with Crippen LogP contribution in [-0.2, 0) is 6.54 Å². The van der Waals surface area contributed by atoms with E-state index in [4.69, 9.17) is 0 Å². The molecule has 0 fully saturated rings. The smallest absolute Gasteiger partial charge is 0.314 e. The van der Waals surface area contributed by atoms with E-state index in [2.05, 4.69) is 15.9 Å². The molecule has 0 atom stereocenters. The number of pyridine rings is 1. The quantitative estimate of drug-likeness (QED) is 0.809. The first-order valence-corrected chi connectivity index (χ1v) is 4.61. The molecular formula is C8H7BrF3NO. The van der Waals surface area contributed by atoms with Crippen LogP contribution in [0.25, 0.3) is 0 Å². The van der Waals surface area contributed by atoms with Gasteiger partial charge in [0.05, 0.1) is 10.9 Å². The van der Waals surface area contributed by atoms with E-state index in [1.165, 1.54) is 18.3 Å². The van der Waals surface area contributed by atoms with Gasteiger partial charge in [-0.25, -0.2) is 0 Å². The van der Waals surface area contributed by atoms with Gasteiger partial charge in [0.15, 0.2) is 0 Å². The highest BCUT2D eigenvalue weighted by molar-refractivity contribution is 9.10. The zero-order valence-electron chi connectivity index (χ0n) is 7.01. The Hall–Kier alpha value is -0.780. The van der Waals surface area contributed by atoms with Crippen molar-refractivity contribution >= 4 is 15.9 Å². The van der Waals surface area contributed by atoms with Crippen molar-refractivity contribution in [2.45, 2.75) is 19.1 Å². The summed E-state index contributed by atoms with van der Waals surface area (Å²) in [6.07, 6.45) is -3.90. The normalized spacial score (nSPS) is 11.7. The molecule has 0 aromatic carbocycles. The fourth-order valence-corrected chi connectivity index (χ4v) is 1.31. The summed E-state index contributed by atoms with van der Waals surface area (Å²) in [7, 11) is 0. The summed E-state index contributed by atoms with van der Waals surface area (Å²) in [5.74, 6) is 0. The maximum absolute atomic E-state index is 11.8. The van der Waals surface area contributed by atoms with Crippen LogP contribution in [0.1, 0.15) is 6.42 Å². The van der Waals surface area contributed by atoms with Crippen molar-refractivity contribution in [2.75, 3.05) is 0 Å². The first-order valence-electron chi connectivity index (χ1n) is 3.82. The van der Waals surface area contributed by atoms with E-state index in [0.29, 0.717) is 0 Å². The molecule has 6 heteroatoms. The van der Waals surface area contributed by atoms with E-state index in [1.807, 2.05) is 0 Å². The summed E-state index contributed by atoms with van der Waals surface area (Å²) in [5.41, 5.74) is -0.447. The molecule has 0 saturated carbocycles. The van der Waals surface area contributed by atoms with E-state index in [-0.39, 0.29) is 11.0 Å². The lowest BCUT2D eigenvalue weighted by Gasteiger charge is -2.08. The Labute approximate surface area is 86.5 Å². The second-order valence-corrected chi connectivity index (χ2v) is 3.57. The molecule has 78 valence electrons. The van der Waals surface area contributed by atoms with Crippen molar-refractivity contribution in [1.29, 1.82) is 0 Å². The highest BCUT2D eigenvalue weighted by Gasteiger charge is 2.26. The number of alkyl halides is 3. The molecule has 0 spiro atoms. The van der Waals surface area contributed by atoms with Crippen LogP contribution in [0.2, 0.25) is 0 Å². The van der Waals surface area contributed by atoms with Crippen molar-refractivity contribution in [3.8, 4) is 0 Å². The van der Waals surface area contributed by atoms with Crippen molar-refractivity contribution in [3.05, 3.63) is 33.2 Å². The Bertz CT molecular complexity index is 372. The topological polar surface area (TPSA) is 22.0 Å². The van der Waals surface area contributed by atoms with Gasteiger partial charge >= 0.3 is 6.18 Å². The average molecular weight is 270 g/mol. The third-order valence-electron chi connectivity index (χ3n) is 1.61. The highest BCUT2D eigenvalue weighted by Crippen LogP contribution is 2.19. The van der Waals surface area contributed by atoms with Gasteiger partial charge in [-0.3, -0.25) is 4.79 Å². The maximum Gasteiger partial charge on any atom is 0.390 e. The highest BCUT2D eigenvalue weighted by atomic mass is 79.9. The van der Waals surface area contributed by atoms with E-state index in [9.17, 15) is 18.0 Å². The number of nitrogens with zero attached hydrogens (tertiary/aromatic N) is 1. The third-order valence-corrected chi connectivity index (χ3v) is 2.21. The maximum atomic E-state index is 11.8. The molecule has 2 nitrogen and oxygen atoms in total. The minimum absolute atomic E-state index is 0.266. The first-order chi connectivity index (χ1) is 6.40. The Morgan fingerprint density at radius 3 is 2.64 bits per heavy atom. The average Bonchev–Trinajstić information content (AvgIpc) is 2.06. The number of hydrogen-bond donors (Lipinski definition) is 0. The van der Waals surface area contributed by atoms with Crippen molar-refractivity contribution in [1.82, 2.24) is 4.57 Å². The number of hydrogen-bond acceptors (Lipinski definition) is 1. The number of aromatic nitrogens is 1. The SMILES string of the molecule is O=c1c(Br)cccn1CCC(F)(F)F. The Kier molecular flexibility index (Phi) is 3.36. The molecule has 1 aromatic heterocycles. The summed E-state index contributed by atoms with van der Waals surface area (Å²) in [6.45, 7) is -0.345. The summed E-state index contributed by atoms with van der Waals surface area (Å²) in [5, 5.41) is 0. The van der Waals surface area contributed by atoms with Gasteiger partial charge in [-0.2, -0.15) is 13.2 Å². The lowest BCUT2D eigenvalue weighted by Crippen LogP contribution is -2.22. The van der Waals surface area contributed by atoms with Crippen LogP contribution < -0.4 is 5.56 Å². The second-order valence-electron chi connectivity index (χ2n) is 2.72. The molecule has 14 heavy (non-hydrogen) atoms. The molecule has 1 heterocycles. The molecule has 1 rings (SSSR count). The lowest BCUT2D eigenvalue weighted by molar-refractivity contribution is -0.136. The molecule has 0 saturated heterocycles. The van der Waals surface area contributed by atoms with Gasteiger partial charge in [0.1, 0.15) is 0 Å². The van der Waals surface area contributed by atoms with Crippen LogP contribution in [0, 0.1) is 0 Å². The zero-order chi connectivity index (χ0) is 10.8. The van der Waals surface area contributed by atoms with Crippen molar-refractivity contribution in [3.63, 3.8) is 0 Å². The zero-order valence-corrected chi connectivity index (χ0v) is 8.60. The van der Waals surface area contributed by atoms with Crippen LogP contribution in [0.5, 0.6) is 0 Å². The van der Waals surface area contributed by atoms with E-state index in [0.717, 1.165) is 4.57 Å². The molecule has 0 radical (unpaired) electrons. The Morgan fingerprint density at radius 2 is 2.07 bits per heavy atom. The van der Waals surface area contributed by atoms with E-state index < -0.39 is 18.2 Å². The van der Waals surface area contributed by atoms with Gasteiger partial charge in [0, 0.05) is 12.7 Å². The molecule has 0 aliphatic heterocycles. The molecule has 0 aliphatic carbocycles. The number of halogens is 4. The predicted octanol–water partition coefficient (Wildman–Crippen LogP) is 2.56. The van der Waals surface area contributed by atoms with Gasteiger partial charge in [-0.05, 0) is 28.1 Å². The van der Waals surface area contributed by atoms with E-state index >= 15 is 0 Å². The number of aryl methyl sites for hydroxylation is 1. The molecule has 0 bridgehead atoms. The standard InChI is InChI=1S/C8H7BrF3NO/c9-6-2-1-4-13(7(6)14)5-3-8(10,11)12/h1-2,4H,3,5H2. The van der Waals surface area contributed by atoms with Gasteiger partial charge in [0.25, 0.3) is 5.56 Å². The minimum Gasteiger partial charge on any atom is -0.314 e. The summed E-state index contributed by atoms with van der Waals surface area (Å²) < 4.78 is 36.8. The van der Waals surface area contributed by atoms with Crippen LogP contribution in [0.4, 0.5) is 13.2 Å². The first kappa shape index (κ1) is 11.3. The molecular weight excluding hydrogens is 263 g/mol. The van der Waals surface area contributed by atoms with Crippen LogP contribution >= 0.6 is 15.9 Å². The molecule has 0 aliphatic rings. The third kappa shape index (κ3) is 3.17. The van der Waals surface area contributed by atoms with Crippen LogP contribution in [0.3, 0.4) is 0 Å². The monoisotopic (exact) mass is 269 g/mol. The minimum atomic E-state index is -4.23. The second kappa shape index (κ2) is 4.16. The predicted molar refractivity (Wildman–Crippen MR) is 49.1 cm³/mol.